The van der Waals surface area contributed by atoms with Crippen LogP contribution in [-0.2, 0) is 19.6 Å². The average molecular weight is 323 g/mol. The molecule has 1 heterocycles. The quantitative estimate of drug-likeness (QED) is 0.828. The molecule has 0 aliphatic carbocycles. The van der Waals surface area contributed by atoms with Crippen LogP contribution in [-0.4, -0.2) is 9.78 Å². The summed E-state index contributed by atoms with van der Waals surface area (Å²) in [5.41, 5.74) is 3.38. The van der Waals surface area contributed by atoms with E-state index in [0.29, 0.717) is 6.61 Å². The van der Waals surface area contributed by atoms with Crippen molar-refractivity contribution in [3.63, 3.8) is 0 Å². The summed E-state index contributed by atoms with van der Waals surface area (Å²) >= 11 is 3.47. The minimum absolute atomic E-state index is 0.554. The van der Waals surface area contributed by atoms with Gasteiger partial charge in [-0.25, -0.2) is 0 Å². The number of nitrogens with zero attached hydrogens (tertiary/aromatic N) is 2. The number of ether oxygens (including phenoxy) is 1. The summed E-state index contributed by atoms with van der Waals surface area (Å²) in [7, 11) is 0. The molecule has 0 N–H and O–H groups in total. The first-order valence-electron chi connectivity index (χ1n) is 6.58. The number of aromatic nitrogens is 2. The minimum Gasteiger partial charge on any atom is -0.487 e. The molecule has 1 aromatic carbocycles. The van der Waals surface area contributed by atoms with Gasteiger partial charge < -0.3 is 4.74 Å². The minimum atomic E-state index is 0.554. The number of aryl methyl sites for hydroxylation is 3. The van der Waals surface area contributed by atoms with Gasteiger partial charge in [0.25, 0.3) is 0 Å². The summed E-state index contributed by atoms with van der Waals surface area (Å²) in [6.07, 6.45) is 0.954. The fourth-order valence-electron chi connectivity index (χ4n) is 1.96. The third kappa shape index (κ3) is 3.38. The van der Waals surface area contributed by atoms with Crippen LogP contribution in [0.15, 0.2) is 28.7 Å². The maximum atomic E-state index is 5.91. The van der Waals surface area contributed by atoms with Crippen LogP contribution in [0, 0.1) is 6.92 Å². The Labute approximate surface area is 122 Å². The topological polar surface area (TPSA) is 27.1 Å². The molecule has 3 nitrogen and oxygen atoms in total. The Kier molecular flexibility index (Phi) is 4.64. The fourth-order valence-corrected chi connectivity index (χ4v) is 2.30. The Hall–Kier alpha value is -1.29. The van der Waals surface area contributed by atoms with E-state index in [2.05, 4.69) is 47.9 Å². The van der Waals surface area contributed by atoms with Crippen LogP contribution in [0.4, 0.5) is 0 Å². The lowest BCUT2D eigenvalue weighted by atomic mass is 10.2. The molecule has 0 bridgehead atoms. The molecule has 0 amide bonds. The molecule has 2 aromatic rings. The maximum Gasteiger partial charge on any atom is 0.130 e. The Morgan fingerprint density at radius 3 is 2.74 bits per heavy atom. The maximum absolute atomic E-state index is 5.91. The number of hydrogen-bond acceptors (Lipinski definition) is 2. The van der Waals surface area contributed by atoms with Crippen LogP contribution in [0.25, 0.3) is 0 Å². The van der Waals surface area contributed by atoms with Crippen molar-refractivity contribution in [2.24, 2.45) is 0 Å². The van der Waals surface area contributed by atoms with E-state index in [4.69, 9.17) is 4.74 Å². The van der Waals surface area contributed by atoms with Gasteiger partial charge in [-0.05, 0) is 44.0 Å². The van der Waals surface area contributed by atoms with Gasteiger partial charge in [-0.1, -0.05) is 28.9 Å². The average Bonchev–Trinajstić information content (AvgIpc) is 2.82. The van der Waals surface area contributed by atoms with Gasteiger partial charge in [0.1, 0.15) is 12.4 Å². The summed E-state index contributed by atoms with van der Waals surface area (Å²) in [6, 6.07) is 8.20. The summed E-state index contributed by atoms with van der Waals surface area (Å²) in [4.78, 5) is 0. The first kappa shape index (κ1) is 14.1. The summed E-state index contributed by atoms with van der Waals surface area (Å²) in [5.74, 6) is 0.913. The van der Waals surface area contributed by atoms with Crippen molar-refractivity contribution in [2.45, 2.75) is 40.3 Å². The fraction of sp³-hybridized carbons (Fsp3) is 0.400. The molecule has 0 atom stereocenters. The third-order valence-electron chi connectivity index (χ3n) is 3.10. The number of hydrogen-bond donors (Lipinski definition) is 0. The van der Waals surface area contributed by atoms with E-state index in [9.17, 15) is 0 Å². The van der Waals surface area contributed by atoms with Crippen molar-refractivity contribution in [1.82, 2.24) is 9.78 Å². The van der Waals surface area contributed by atoms with E-state index < -0.39 is 0 Å². The highest BCUT2D eigenvalue weighted by Gasteiger charge is 2.07. The van der Waals surface area contributed by atoms with Crippen molar-refractivity contribution in [1.29, 1.82) is 0 Å². The van der Waals surface area contributed by atoms with Crippen molar-refractivity contribution in [3.05, 3.63) is 45.7 Å². The van der Waals surface area contributed by atoms with Crippen LogP contribution in [0.2, 0.25) is 0 Å². The van der Waals surface area contributed by atoms with Gasteiger partial charge in [-0.3, -0.25) is 4.68 Å². The van der Waals surface area contributed by atoms with Crippen molar-refractivity contribution >= 4 is 15.9 Å². The van der Waals surface area contributed by atoms with Gasteiger partial charge in [-0.15, -0.1) is 0 Å². The molecular formula is C15H19BrN2O. The largest absolute Gasteiger partial charge is 0.487 e. The van der Waals surface area contributed by atoms with E-state index in [1.54, 1.807) is 0 Å². The summed E-state index contributed by atoms with van der Waals surface area (Å²) in [6.45, 7) is 7.69. The Balaban J connectivity index is 2.13. The van der Waals surface area contributed by atoms with E-state index in [1.807, 2.05) is 22.9 Å². The van der Waals surface area contributed by atoms with Crippen LogP contribution in [0.5, 0.6) is 5.75 Å². The van der Waals surface area contributed by atoms with Crippen molar-refractivity contribution in [3.8, 4) is 5.75 Å². The van der Waals surface area contributed by atoms with Crippen LogP contribution in [0.1, 0.15) is 30.8 Å². The second-order valence-electron chi connectivity index (χ2n) is 4.49. The first-order chi connectivity index (χ1) is 9.13. The van der Waals surface area contributed by atoms with Gasteiger partial charge in [0.05, 0.1) is 11.4 Å². The molecule has 0 aliphatic heterocycles. The predicted molar refractivity (Wildman–Crippen MR) is 80.5 cm³/mol. The summed E-state index contributed by atoms with van der Waals surface area (Å²) in [5, 5.41) is 4.53. The highest BCUT2D eigenvalue weighted by Crippen LogP contribution is 2.24. The lowest BCUT2D eigenvalue weighted by molar-refractivity contribution is 0.290. The highest BCUT2D eigenvalue weighted by atomic mass is 79.9. The molecule has 0 saturated heterocycles. The Morgan fingerprint density at radius 1 is 1.26 bits per heavy atom. The molecule has 0 spiro atoms. The molecule has 4 heteroatoms. The monoisotopic (exact) mass is 322 g/mol. The molecule has 0 saturated carbocycles. The van der Waals surface area contributed by atoms with Crippen molar-refractivity contribution < 1.29 is 4.74 Å². The van der Waals surface area contributed by atoms with E-state index in [1.165, 1.54) is 0 Å². The second-order valence-corrected chi connectivity index (χ2v) is 5.41. The molecule has 19 heavy (non-hydrogen) atoms. The van der Waals surface area contributed by atoms with E-state index >= 15 is 0 Å². The molecule has 0 fully saturated rings. The number of halogens is 1. The summed E-state index contributed by atoms with van der Waals surface area (Å²) < 4.78 is 8.95. The van der Waals surface area contributed by atoms with E-state index in [-0.39, 0.29) is 0 Å². The van der Waals surface area contributed by atoms with E-state index in [0.717, 1.165) is 40.1 Å². The van der Waals surface area contributed by atoms with Crippen LogP contribution in [0.3, 0.4) is 0 Å². The van der Waals surface area contributed by atoms with Gasteiger partial charge in [0.2, 0.25) is 0 Å². The number of rotatable bonds is 5. The predicted octanol–water partition coefficient (Wildman–Crippen LogP) is 4.12. The normalized spacial score (nSPS) is 10.7. The van der Waals surface area contributed by atoms with Crippen LogP contribution < -0.4 is 4.74 Å². The van der Waals surface area contributed by atoms with Gasteiger partial charge in [0.15, 0.2) is 0 Å². The highest BCUT2D eigenvalue weighted by molar-refractivity contribution is 9.10. The molecule has 2 rings (SSSR count). The molecule has 1 aromatic heterocycles. The molecule has 0 radical (unpaired) electrons. The zero-order chi connectivity index (χ0) is 13.8. The van der Waals surface area contributed by atoms with Gasteiger partial charge >= 0.3 is 0 Å². The van der Waals surface area contributed by atoms with Crippen molar-refractivity contribution in [2.75, 3.05) is 0 Å². The molecule has 0 aliphatic rings. The second kappa shape index (κ2) is 6.24. The standard InChI is InChI=1S/C15H19BrN2O/c1-4-13-9-14(18(5-2)17-13)10-19-15-8-12(16)7-6-11(15)3/h6-9H,4-5,10H2,1-3H3. The first-order valence-corrected chi connectivity index (χ1v) is 7.37. The molecular weight excluding hydrogens is 304 g/mol. The van der Waals surface area contributed by atoms with Crippen LogP contribution >= 0.6 is 15.9 Å². The van der Waals surface area contributed by atoms with Gasteiger partial charge in [-0.2, -0.15) is 5.10 Å². The zero-order valence-electron chi connectivity index (χ0n) is 11.6. The molecule has 0 unspecified atom stereocenters. The third-order valence-corrected chi connectivity index (χ3v) is 3.59. The molecule has 102 valence electrons. The van der Waals surface area contributed by atoms with Gasteiger partial charge in [0, 0.05) is 11.0 Å². The zero-order valence-corrected chi connectivity index (χ0v) is 13.2. The number of benzene rings is 1. The Bertz CT molecular complexity index is 563. The lowest BCUT2D eigenvalue weighted by Gasteiger charge is -2.10. The Morgan fingerprint density at radius 2 is 2.05 bits per heavy atom. The smallest absolute Gasteiger partial charge is 0.130 e. The lowest BCUT2D eigenvalue weighted by Crippen LogP contribution is -2.06. The SMILES string of the molecule is CCc1cc(COc2cc(Br)ccc2C)n(CC)n1.